The second-order valence-corrected chi connectivity index (χ2v) is 14.1. The van der Waals surface area contributed by atoms with Crippen LogP contribution in [0.4, 0.5) is 0 Å². The maximum absolute atomic E-state index is 13.0. The number of phenols is 1. The second-order valence-electron chi connectivity index (χ2n) is 14.1. The molecule has 2 fully saturated rings. The number of phenolic OH excluding ortho intramolecular Hbond substituents is 1. The van der Waals surface area contributed by atoms with E-state index in [0.717, 1.165) is 60.8 Å². The maximum atomic E-state index is 13.0. The van der Waals surface area contributed by atoms with Crippen LogP contribution in [0.25, 0.3) is 33.3 Å². The number of para-hydroxylation sites is 1. The number of benzene rings is 2. The van der Waals surface area contributed by atoms with E-state index in [4.69, 9.17) is 0 Å². The lowest BCUT2D eigenvalue weighted by atomic mass is 9.89. The fourth-order valence-electron chi connectivity index (χ4n) is 7.91. The zero-order valence-corrected chi connectivity index (χ0v) is 28.9. The van der Waals surface area contributed by atoms with Gasteiger partial charge >= 0.3 is 5.69 Å². The van der Waals surface area contributed by atoms with Gasteiger partial charge in [-0.2, -0.15) is 0 Å². The van der Waals surface area contributed by atoms with E-state index in [2.05, 4.69) is 49.8 Å². The summed E-state index contributed by atoms with van der Waals surface area (Å²) in [4.78, 5) is 43.0. The molecule has 2 saturated heterocycles. The Morgan fingerprint density at radius 3 is 2.40 bits per heavy atom. The predicted molar refractivity (Wildman–Crippen MR) is 194 cm³/mol. The minimum atomic E-state index is -0.651. The molecule has 5 aromatic rings. The summed E-state index contributed by atoms with van der Waals surface area (Å²) < 4.78 is 3.15. The van der Waals surface area contributed by atoms with Gasteiger partial charge in [-0.3, -0.25) is 24.0 Å². The Labute approximate surface area is 291 Å². The molecule has 1 atom stereocenters. The molecule has 1 unspecified atom stereocenters. The molecule has 2 aliphatic rings. The number of aromatic amines is 1. The molecule has 2 aliphatic heterocycles. The third-order valence-electron chi connectivity index (χ3n) is 10.8. The zero-order chi connectivity index (χ0) is 34.6. The molecular weight excluding hydrogens is 630 g/mol. The van der Waals surface area contributed by atoms with Crippen molar-refractivity contribution in [2.24, 2.45) is 7.05 Å². The first-order chi connectivity index (χ1) is 24.4. The number of hydrogen-bond donors (Lipinski definition) is 3. The zero-order valence-electron chi connectivity index (χ0n) is 28.9. The second kappa shape index (κ2) is 15.0. The largest absolute Gasteiger partial charge is 0.507 e. The Hall–Kier alpha value is -4.77. The van der Waals surface area contributed by atoms with Crippen molar-refractivity contribution < 1.29 is 14.7 Å². The summed E-state index contributed by atoms with van der Waals surface area (Å²) in [5.74, 6) is 0.0281. The van der Waals surface area contributed by atoms with Gasteiger partial charge < -0.3 is 15.0 Å². The molecule has 3 aromatic heterocycles. The lowest BCUT2D eigenvalue weighted by Gasteiger charge is -2.32. The van der Waals surface area contributed by atoms with Crippen molar-refractivity contribution in [3.05, 3.63) is 76.3 Å². The van der Waals surface area contributed by atoms with E-state index in [1.54, 1.807) is 22.2 Å². The van der Waals surface area contributed by atoms with E-state index < -0.39 is 11.9 Å². The first-order valence-corrected chi connectivity index (χ1v) is 18.3. The number of imidazole rings is 1. The minimum Gasteiger partial charge on any atom is -0.507 e. The van der Waals surface area contributed by atoms with Crippen LogP contribution in [0.15, 0.2) is 59.5 Å². The van der Waals surface area contributed by atoms with Gasteiger partial charge in [0, 0.05) is 30.6 Å². The number of piperidine rings is 2. The summed E-state index contributed by atoms with van der Waals surface area (Å²) >= 11 is 0. The van der Waals surface area contributed by atoms with Crippen LogP contribution >= 0.6 is 0 Å². The van der Waals surface area contributed by atoms with Crippen LogP contribution in [0.1, 0.15) is 93.7 Å². The number of H-pyrrole nitrogens is 1. The maximum Gasteiger partial charge on any atom is 0.329 e. The van der Waals surface area contributed by atoms with Gasteiger partial charge in [0.25, 0.3) is 0 Å². The fraction of sp³-hybridized carbons (Fsp3) is 0.462. The highest BCUT2D eigenvalue weighted by Gasteiger charge is 2.31. The van der Waals surface area contributed by atoms with E-state index in [0.29, 0.717) is 23.6 Å². The van der Waals surface area contributed by atoms with Gasteiger partial charge in [0.15, 0.2) is 5.65 Å². The Morgan fingerprint density at radius 1 is 0.860 bits per heavy atom. The number of carbonyl (C=O) groups excluding carboxylic acids is 2. The Bertz CT molecular complexity index is 2050. The molecule has 0 spiro atoms. The molecule has 0 bridgehead atoms. The van der Waals surface area contributed by atoms with Gasteiger partial charge in [-0.25, -0.2) is 4.79 Å². The topological polar surface area (TPSA) is 138 Å². The highest BCUT2D eigenvalue weighted by atomic mass is 16.3. The lowest BCUT2D eigenvalue weighted by Crippen LogP contribution is -2.44. The fourth-order valence-corrected chi connectivity index (χ4v) is 7.91. The van der Waals surface area contributed by atoms with Crippen LogP contribution in [-0.4, -0.2) is 65.8 Å². The van der Waals surface area contributed by atoms with Gasteiger partial charge in [-0.05, 0) is 106 Å². The van der Waals surface area contributed by atoms with Gasteiger partial charge in [-0.15, -0.1) is 10.2 Å². The van der Waals surface area contributed by atoms with E-state index in [1.807, 2.05) is 24.3 Å². The molecule has 2 amide bonds. The molecular formula is C39H47N7O4. The molecule has 0 saturated carbocycles. The van der Waals surface area contributed by atoms with Crippen LogP contribution in [0.2, 0.25) is 0 Å². The number of nitrogens with one attached hydrogen (secondary N) is 2. The number of carbonyl (C=O) groups is 2. The van der Waals surface area contributed by atoms with Gasteiger partial charge in [0.1, 0.15) is 11.8 Å². The number of aromatic hydroxyl groups is 1. The van der Waals surface area contributed by atoms with Crippen molar-refractivity contribution >= 4 is 33.9 Å². The molecule has 0 aliphatic carbocycles. The number of aryl methyl sites for hydroxylation is 2. The predicted octanol–water partition coefficient (Wildman–Crippen LogP) is 6.11. The number of imide groups is 1. The molecule has 2 aromatic carbocycles. The number of fused-ring (bicyclic) bond motifs is 2. The smallest absolute Gasteiger partial charge is 0.329 e. The van der Waals surface area contributed by atoms with Crippen LogP contribution in [-0.2, 0) is 23.1 Å². The van der Waals surface area contributed by atoms with Crippen molar-refractivity contribution in [3.63, 3.8) is 0 Å². The van der Waals surface area contributed by atoms with E-state index in [9.17, 15) is 19.5 Å². The number of aromatic nitrogens is 5. The summed E-state index contributed by atoms with van der Waals surface area (Å²) in [6, 6.07) is 14.8. The Morgan fingerprint density at radius 2 is 1.62 bits per heavy atom. The molecule has 11 nitrogen and oxygen atoms in total. The van der Waals surface area contributed by atoms with Crippen LogP contribution in [0, 0.1) is 0 Å². The molecule has 7 rings (SSSR count). The van der Waals surface area contributed by atoms with Crippen molar-refractivity contribution in [3.8, 4) is 17.0 Å². The first kappa shape index (κ1) is 33.7. The molecule has 0 radical (unpaired) electrons. The Balaban J connectivity index is 0.800. The monoisotopic (exact) mass is 677 g/mol. The van der Waals surface area contributed by atoms with E-state index in [-0.39, 0.29) is 23.8 Å². The summed E-state index contributed by atoms with van der Waals surface area (Å²) in [6.45, 7) is 3.40. The third-order valence-corrected chi connectivity index (χ3v) is 10.8. The number of nitrogens with zero attached hydrogens (tertiary/aromatic N) is 5. The van der Waals surface area contributed by atoms with Gasteiger partial charge in [0.05, 0.1) is 16.7 Å². The van der Waals surface area contributed by atoms with Crippen LogP contribution in [0.5, 0.6) is 5.75 Å². The lowest BCUT2D eigenvalue weighted by molar-refractivity contribution is -0.135. The van der Waals surface area contributed by atoms with Crippen molar-refractivity contribution in [2.45, 2.75) is 89.0 Å². The number of amides is 2. The molecule has 50 heavy (non-hydrogen) atoms. The third kappa shape index (κ3) is 7.10. The Kier molecular flexibility index (Phi) is 10.1. The van der Waals surface area contributed by atoms with Crippen LogP contribution < -0.4 is 11.0 Å². The molecule has 3 N–H and O–H groups in total. The summed E-state index contributed by atoms with van der Waals surface area (Å²) in [5, 5.41) is 22.5. The molecule has 11 heteroatoms. The highest BCUT2D eigenvalue weighted by molar-refractivity contribution is 6.00. The highest BCUT2D eigenvalue weighted by Crippen LogP contribution is 2.35. The summed E-state index contributed by atoms with van der Waals surface area (Å²) in [5.41, 5.74) is 6.05. The van der Waals surface area contributed by atoms with E-state index in [1.165, 1.54) is 56.2 Å². The SMILES string of the molecule is Cn1c(=O)n(C2CCC(=O)NC2=O)c2ccc(CCCCCCCCCN3CCC(c4c[nH]c5nnc(-c6ccccc6O)cc45)CC3)cc21. The van der Waals surface area contributed by atoms with Crippen molar-refractivity contribution in [1.29, 1.82) is 0 Å². The number of unbranched alkanes of at least 4 members (excludes halogenated alkanes) is 6. The minimum absolute atomic E-state index is 0.218. The van der Waals surface area contributed by atoms with Crippen LogP contribution in [0.3, 0.4) is 0 Å². The average Bonchev–Trinajstić information content (AvgIpc) is 3.65. The molecule has 5 heterocycles. The van der Waals surface area contributed by atoms with Crippen molar-refractivity contribution in [2.75, 3.05) is 19.6 Å². The summed E-state index contributed by atoms with van der Waals surface area (Å²) in [6.07, 6.45) is 14.5. The quantitative estimate of drug-likeness (QED) is 0.101. The number of likely N-dealkylation sites (tertiary alicyclic amines) is 1. The standard InChI is InChI=1S/C39H47N7O4/c1-44-34-23-26(14-15-32(34)46(39(44)50)33-16-17-36(48)41-38(33)49)11-7-5-3-2-4-6-10-20-45-21-18-27(19-22-45)30-25-40-37-29(30)24-31(42-43-37)28-12-8-9-13-35(28)47/h8-9,12-15,23-25,27,33,47H,2-7,10-11,16-22H2,1H3,(H,40,43)(H,41,48,49). The molecule has 262 valence electrons. The normalized spacial score (nSPS) is 17.6. The number of hydrogen-bond acceptors (Lipinski definition) is 7. The summed E-state index contributed by atoms with van der Waals surface area (Å²) in [7, 11) is 1.75. The number of rotatable bonds is 13. The average molecular weight is 678 g/mol. The first-order valence-electron chi connectivity index (χ1n) is 18.3. The van der Waals surface area contributed by atoms with Gasteiger partial charge in [-0.1, -0.05) is 50.3 Å². The van der Waals surface area contributed by atoms with E-state index >= 15 is 0 Å². The van der Waals surface area contributed by atoms with Crippen molar-refractivity contribution in [1.82, 2.24) is 34.5 Å². The van der Waals surface area contributed by atoms with Gasteiger partial charge in [0.2, 0.25) is 11.8 Å².